The Morgan fingerprint density at radius 3 is 2.58 bits per heavy atom. The highest BCUT2D eigenvalue weighted by Crippen LogP contribution is 2.28. The second-order valence-electron chi connectivity index (χ2n) is 7.49. The lowest BCUT2D eigenvalue weighted by Crippen LogP contribution is -2.18. The molecule has 0 spiro atoms. The Kier molecular flexibility index (Phi) is 6.45. The predicted octanol–water partition coefficient (Wildman–Crippen LogP) is 3.94. The smallest absolute Gasteiger partial charge is 0.250 e. The maximum absolute atomic E-state index is 12.4. The predicted molar refractivity (Wildman–Crippen MR) is 125 cm³/mol. The highest BCUT2D eigenvalue weighted by atomic mass is 16.5. The third-order valence-corrected chi connectivity index (χ3v) is 4.98. The van der Waals surface area contributed by atoms with Gasteiger partial charge < -0.3 is 15.8 Å². The van der Waals surface area contributed by atoms with Crippen molar-refractivity contribution in [1.82, 2.24) is 14.8 Å². The zero-order valence-corrected chi connectivity index (χ0v) is 18.1. The van der Waals surface area contributed by atoms with Gasteiger partial charge in [-0.1, -0.05) is 30.3 Å². The molecule has 2 aromatic heterocycles. The third kappa shape index (κ3) is 5.62. The lowest BCUT2D eigenvalue weighted by atomic mass is 10.1. The monoisotopic (exact) mass is 441 g/mol. The Labute approximate surface area is 191 Å². The second kappa shape index (κ2) is 9.78. The Morgan fingerprint density at radius 2 is 1.85 bits per heavy atom. The van der Waals surface area contributed by atoms with E-state index in [0.29, 0.717) is 29.3 Å². The number of aromatic nitrogens is 3. The summed E-state index contributed by atoms with van der Waals surface area (Å²) in [5.74, 6) is 0.0863. The number of pyridine rings is 1. The Balaban J connectivity index is 1.47. The first-order valence-corrected chi connectivity index (χ1v) is 10.4. The number of nitrogens with zero attached hydrogens (tertiary/aromatic N) is 3. The van der Waals surface area contributed by atoms with Gasteiger partial charge in [-0.15, -0.1) is 0 Å². The molecule has 4 aromatic rings. The SMILES string of the molecule is Cn1cc(-c2cc(Oc3ccc(NC(=O)CCc4ccccc4)c(C(N)=O)c3)ccn2)cn1. The van der Waals surface area contributed by atoms with Gasteiger partial charge in [0, 0.05) is 37.5 Å². The van der Waals surface area contributed by atoms with Gasteiger partial charge in [-0.2, -0.15) is 5.10 Å². The van der Waals surface area contributed by atoms with Crippen LogP contribution in [0.15, 0.2) is 79.3 Å². The summed E-state index contributed by atoms with van der Waals surface area (Å²) in [5, 5.41) is 6.92. The maximum Gasteiger partial charge on any atom is 0.250 e. The molecular formula is C25H23N5O3. The van der Waals surface area contributed by atoms with Gasteiger partial charge in [0.25, 0.3) is 5.91 Å². The summed E-state index contributed by atoms with van der Waals surface area (Å²) in [5.41, 5.74) is 8.70. The number of primary amides is 1. The zero-order chi connectivity index (χ0) is 23.2. The number of aryl methyl sites for hydroxylation is 2. The first-order valence-electron chi connectivity index (χ1n) is 10.4. The van der Waals surface area contributed by atoms with Gasteiger partial charge in [-0.25, -0.2) is 0 Å². The number of nitrogens with two attached hydrogens (primary N) is 1. The first kappa shape index (κ1) is 21.8. The minimum absolute atomic E-state index is 0.169. The average molecular weight is 441 g/mol. The molecule has 0 unspecified atom stereocenters. The summed E-state index contributed by atoms with van der Waals surface area (Å²) in [6.45, 7) is 0. The molecule has 2 amide bonds. The summed E-state index contributed by atoms with van der Waals surface area (Å²) in [6.07, 6.45) is 6.09. The molecule has 0 aliphatic heterocycles. The van der Waals surface area contributed by atoms with Crippen LogP contribution in [-0.2, 0) is 18.3 Å². The molecule has 33 heavy (non-hydrogen) atoms. The molecule has 0 radical (unpaired) electrons. The summed E-state index contributed by atoms with van der Waals surface area (Å²) >= 11 is 0. The topological polar surface area (TPSA) is 112 Å². The van der Waals surface area contributed by atoms with E-state index < -0.39 is 5.91 Å². The molecule has 0 aliphatic rings. The van der Waals surface area contributed by atoms with E-state index in [1.165, 1.54) is 6.07 Å². The number of rotatable bonds is 8. The average Bonchev–Trinajstić information content (AvgIpc) is 3.26. The highest BCUT2D eigenvalue weighted by Gasteiger charge is 2.14. The van der Waals surface area contributed by atoms with Gasteiger partial charge in [0.15, 0.2) is 0 Å². The minimum Gasteiger partial charge on any atom is -0.457 e. The fraction of sp³-hybridized carbons (Fsp3) is 0.120. The number of anilines is 1. The molecule has 4 rings (SSSR count). The van der Waals surface area contributed by atoms with Gasteiger partial charge in [-0.05, 0) is 36.2 Å². The van der Waals surface area contributed by atoms with E-state index in [0.717, 1.165) is 11.1 Å². The summed E-state index contributed by atoms with van der Waals surface area (Å²) < 4.78 is 7.61. The van der Waals surface area contributed by atoms with Gasteiger partial charge in [0.1, 0.15) is 11.5 Å². The molecule has 2 heterocycles. The number of carbonyl (C=O) groups excluding carboxylic acids is 2. The molecular weight excluding hydrogens is 418 g/mol. The highest BCUT2D eigenvalue weighted by molar-refractivity contribution is 6.03. The van der Waals surface area contributed by atoms with Crippen molar-refractivity contribution in [3.8, 4) is 22.8 Å². The standard InChI is InChI=1S/C25H23N5O3/c1-30-16-18(15-28-30)23-14-20(11-12-27-23)33-19-8-9-22(21(13-19)25(26)32)29-24(31)10-7-17-5-3-2-4-6-17/h2-6,8-9,11-16H,7,10H2,1H3,(H2,26,32)(H,29,31). The molecule has 0 atom stereocenters. The van der Waals surface area contributed by atoms with Crippen LogP contribution in [0.4, 0.5) is 5.69 Å². The fourth-order valence-electron chi connectivity index (χ4n) is 3.34. The molecule has 8 nitrogen and oxygen atoms in total. The van der Waals surface area contributed by atoms with Crippen LogP contribution >= 0.6 is 0 Å². The quantitative estimate of drug-likeness (QED) is 0.430. The number of nitrogens with one attached hydrogen (secondary N) is 1. The van der Waals surface area contributed by atoms with Gasteiger partial charge in [0.2, 0.25) is 5.91 Å². The summed E-state index contributed by atoms with van der Waals surface area (Å²) in [7, 11) is 1.83. The van der Waals surface area contributed by atoms with Gasteiger partial charge >= 0.3 is 0 Å². The molecule has 0 aliphatic carbocycles. The van der Waals surface area contributed by atoms with Crippen LogP contribution in [0.2, 0.25) is 0 Å². The minimum atomic E-state index is -0.662. The van der Waals surface area contributed by atoms with Crippen LogP contribution in [0.5, 0.6) is 11.5 Å². The van der Waals surface area contributed by atoms with Crippen molar-refractivity contribution in [2.75, 3.05) is 5.32 Å². The Hall–Kier alpha value is -4.46. The number of carbonyl (C=O) groups is 2. The van der Waals surface area contributed by atoms with Crippen molar-refractivity contribution in [1.29, 1.82) is 0 Å². The number of ether oxygens (including phenoxy) is 1. The van der Waals surface area contributed by atoms with Gasteiger partial charge in [-0.3, -0.25) is 19.3 Å². The molecule has 3 N–H and O–H groups in total. The first-order chi connectivity index (χ1) is 16.0. The second-order valence-corrected chi connectivity index (χ2v) is 7.49. The molecule has 166 valence electrons. The molecule has 2 aromatic carbocycles. The van der Waals surface area contributed by atoms with Crippen molar-refractivity contribution < 1.29 is 14.3 Å². The van der Waals surface area contributed by atoms with Crippen LogP contribution < -0.4 is 15.8 Å². The van der Waals surface area contributed by atoms with E-state index in [1.54, 1.807) is 41.3 Å². The van der Waals surface area contributed by atoms with Crippen molar-refractivity contribution in [3.63, 3.8) is 0 Å². The molecule has 8 heteroatoms. The van der Waals surface area contributed by atoms with Crippen LogP contribution in [-0.4, -0.2) is 26.6 Å². The lowest BCUT2D eigenvalue weighted by Gasteiger charge is -2.12. The van der Waals surface area contributed by atoms with Crippen LogP contribution in [0.3, 0.4) is 0 Å². The fourth-order valence-corrected chi connectivity index (χ4v) is 3.34. The number of amides is 2. The summed E-state index contributed by atoms with van der Waals surface area (Å²) in [6, 6.07) is 18.0. The molecule has 0 saturated carbocycles. The van der Waals surface area contributed by atoms with E-state index >= 15 is 0 Å². The summed E-state index contributed by atoms with van der Waals surface area (Å²) in [4.78, 5) is 28.8. The van der Waals surface area contributed by atoms with Crippen LogP contribution in [0.25, 0.3) is 11.3 Å². The Morgan fingerprint density at radius 1 is 1.06 bits per heavy atom. The van der Waals surface area contributed by atoms with Gasteiger partial charge in [0.05, 0.1) is 23.1 Å². The van der Waals surface area contributed by atoms with Crippen molar-refractivity contribution >= 4 is 17.5 Å². The van der Waals surface area contributed by atoms with Crippen molar-refractivity contribution in [3.05, 3.63) is 90.4 Å². The van der Waals surface area contributed by atoms with E-state index in [1.807, 2.05) is 43.6 Å². The van der Waals surface area contributed by atoms with E-state index in [9.17, 15) is 9.59 Å². The van der Waals surface area contributed by atoms with Crippen LogP contribution in [0.1, 0.15) is 22.3 Å². The van der Waals surface area contributed by atoms with Crippen molar-refractivity contribution in [2.45, 2.75) is 12.8 Å². The van der Waals surface area contributed by atoms with Crippen molar-refractivity contribution in [2.24, 2.45) is 12.8 Å². The van der Waals surface area contributed by atoms with E-state index in [-0.39, 0.29) is 17.9 Å². The van der Waals surface area contributed by atoms with E-state index in [4.69, 9.17) is 10.5 Å². The third-order valence-electron chi connectivity index (χ3n) is 4.98. The normalized spacial score (nSPS) is 10.6. The lowest BCUT2D eigenvalue weighted by molar-refractivity contribution is -0.116. The number of benzene rings is 2. The molecule has 0 bridgehead atoms. The van der Waals surface area contributed by atoms with Crippen LogP contribution in [0, 0.1) is 0 Å². The van der Waals surface area contributed by atoms with E-state index in [2.05, 4.69) is 15.4 Å². The largest absolute Gasteiger partial charge is 0.457 e. The maximum atomic E-state index is 12.4. The number of hydrogen-bond donors (Lipinski definition) is 2. The number of hydrogen-bond acceptors (Lipinski definition) is 5. The Bertz CT molecular complexity index is 1280. The molecule has 0 saturated heterocycles. The zero-order valence-electron chi connectivity index (χ0n) is 18.1. The molecule has 0 fully saturated rings.